The van der Waals surface area contributed by atoms with Gasteiger partial charge in [-0.3, -0.25) is 4.79 Å². The lowest BCUT2D eigenvalue weighted by Crippen LogP contribution is -2.25. The van der Waals surface area contributed by atoms with Gasteiger partial charge in [0.05, 0.1) is 24.0 Å². The minimum atomic E-state index is -3.69. The van der Waals surface area contributed by atoms with Crippen LogP contribution in [0.15, 0.2) is 18.2 Å². The second kappa shape index (κ2) is 6.56. The van der Waals surface area contributed by atoms with Gasteiger partial charge in [-0.25, -0.2) is 13.2 Å². The Morgan fingerprint density at radius 2 is 2.22 bits per heavy atom. The van der Waals surface area contributed by atoms with E-state index >= 15 is 0 Å². The molecule has 0 saturated carbocycles. The molecule has 7 nitrogen and oxygen atoms in total. The Morgan fingerprint density at radius 3 is 2.78 bits per heavy atom. The van der Waals surface area contributed by atoms with Crippen LogP contribution in [0.5, 0.6) is 0 Å². The predicted molar refractivity (Wildman–Crippen MR) is 82.6 cm³/mol. The fourth-order valence-corrected chi connectivity index (χ4v) is 3.83. The van der Waals surface area contributed by atoms with E-state index in [1.807, 2.05) is 6.07 Å². The summed E-state index contributed by atoms with van der Waals surface area (Å²) in [5.74, 6) is -1.60. The molecule has 9 heteroatoms. The molecular formula is C14H13ClN2O5S. The number of ether oxygens (including phenoxy) is 1. The number of hydrogen-bond donors (Lipinski definition) is 0. The highest BCUT2D eigenvalue weighted by Gasteiger charge is 2.33. The maximum atomic E-state index is 12.1. The number of halogens is 1. The fraction of sp³-hybridized carbons (Fsp3) is 0.357. The van der Waals surface area contributed by atoms with Crippen LogP contribution in [0, 0.1) is 17.2 Å². The minimum Gasteiger partial charge on any atom is -0.465 e. The molecule has 1 aromatic rings. The Bertz CT molecular complexity index is 800. The van der Waals surface area contributed by atoms with Crippen LogP contribution in [0.2, 0.25) is 0 Å². The first-order chi connectivity index (χ1) is 10.7. The van der Waals surface area contributed by atoms with Crippen molar-refractivity contribution < 1.29 is 22.7 Å². The molecule has 2 rings (SSSR count). The zero-order valence-corrected chi connectivity index (χ0v) is 13.7. The van der Waals surface area contributed by atoms with Gasteiger partial charge < -0.3 is 9.64 Å². The van der Waals surface area contributed by atoms with Gasteiger partial charge in [0.1, 0.15) is 6.07 Å². The van der Waals surface area contributed by atoms with E-state index in [2.05, 4.69) is 4.74 Å². The third-order valence-electron chi connectivity index (χ3n) is 3.48. The molecule has 1 amide bonds. The molecule has 0 aromatic heterocycles. The number of methoxy groups -OCH3 is 1. The zero-order chi connectivity index (χ0) is 17.2. The van der Waals surface area contributed by atoms with Gasteiger partial charge in [0.25, 0.3) is 0 Å². The summed E-state index contributed by atoms with van der Waals surface area (Å²) in [6.07, 6.45) is 0.0621. The molecule has 1 fully saturated rings. The zero-order valence-electron chi connectivity index (χ0n) is 12.2. The van der Waals surface area contributed by atoms with E-state index in [-0.39, 0.29) is 35.8 Å². The first-order valence-electron chi connectivity index (χ1n) is 6.60. The number of amides is 1. The SMILES string of the molecule is COC(=O)c1ccc(N2CC(CS(=O)(=O)Cl)CC2=O)cc1C#N. The Balaban J connectivity index is 2.27. The van der Waals surface area contributed by atoms with Crippen LogP contribution in [-0.4, -0.2) is 39.7 Å². The topological polar surface area (TPSA) is 105 Å². The molecule has 0 N–H and O–H groups in total. The lowest BCUT2D eigenvalue weighted by molar-refractivity contribution is -0.117. The summed E-state index contributed by atoms with van der Waals surface area (Å²) in [5, 5.41) is 9.14. The van der Waals surface area contributed by atoms with Crippen molar-refractivity contribution in [3.63, 3.8) is 0 Å². The van der Waals surface area contributed by atoms with Crippen LogP contribution in [0.1, 0.15) is 22.3 Å². The molecular weight excluding hydrogens is 344 g/mol. The highest BCUT2D eigenvalue weighted by atomic mass is 35.7. The van der Waals surface area contributed by atoms with Gasteiger partial charge in [0.2, 0.25) is 15.0 Å². The average Bonchev–Trinajstić information content (AvgIpc) is 2.84. The largest absolute Gasteiger partial charge is 0.465 e. The second-order valence-corrected chi connectivity index (χ2v) is 7.93. The van der Waals surface area contributed by atoms with Crippen LogP contribution in [0.25, 0.3) is 0 Å². The number of nitrogens with zero attached hydrogens (tertiary/aromatic N) is 2. The first kappa shape index (κ1) is 17.2. The quantitative estimate of drug-likeness (QED) is 0.594. The van der Waals surface area contributed by atoms with Crippen molar-refractivity contribution in [2.24, 2.45) is 5.92 Å². The molecule has 1 atom stereocenters. The van der Waals surface area contributed by atoms with Crippen LogP contribution >= 0.6 is 10.7 Å². The summed E-state index contributed by atoms with van der Waals surface area (Å²) < 4.78 is 26.8. The Hall–Kier alpha value is -2.11. The lowest BCUT2D eigenvalue weighted by atomic mass is 10.1. The number of hydrogen-bond acceptors (Lipinski definition) is 6. The van der Waals surface area contributed by atoms with Gasteiger partial charge in [0.15, 0.2) is 0 Å². The molecule has 1 heterocycles. The smallest absolute Gasteiger partial charge is 0.339 e. The number of carbonyl (C=O) groups excluding carboxylic acids is 2. The molecule has 0 aliphatic carbocycles. The van der Waals surface area contributed by atoms with Crippen LogP contribution in [-0.2, 0) is 18.6 Å². The van der Waals surface area contributed by atoms with Crippen molar-refractivity contribution in [1.82, 2.24) is 0 Å². The molecule has 0 radical (unpaired) electrons. The molecule has 1 unspecified atom stereocenters. The molecule has 1 aromatic carbocycles. The third-order valence-corrected chi connectivity index (χ3v) is 4.73. The minimum absolute atomic E-state index is 0.0621. The monoisotopic (exact) mass is 356 g/mol. The van der Waals surface area contributed by atoms with Gasteiger partial charge >= 0.3 is 5.97 Å². The second-order valence-electron chi connectivity index (χ2n) is 5.11. The third kappa shape index (κ3) is 4.00. The summed E-state index contributed by atoms with van der Waals surface area (Å²) in [5.41, 5.74) is 0.606. The van der Waals surface area contributed by atoms with E-state index in [1.54, 1.807) is 0 Å². The molecule has 122 valence electrons. The first-order valence-corrected chi connectivity index (χ1v) is 9.08. The number of esters is 1. The van der Waals surface area contributed by atoms with E-state index in [0.29, 0.717) is 5.69 Å². The van der Waals surface area contributed by atoms with Crippen LogP contribution in [0.4, 0.5) is 5.69 Å². The summed E-state index contributed by atoms with van der Waals surface area (Å²) in [4.78, 5) is 25.0. The van der Waals surface area contributed by atoms with Crippen molar-refractivity contribution in [3.05, 3.63) is 29.3 Å². The summed E-state index contributed by atoms with van der Waals surface area (Å²) in [6, 6.07) is 6.21. The number of rotatable bonds is 4. The summed E-state index contributed by atoms with van der Waals surface area (Å²) >= 11 is 0. The van der Waals surface area contributed by atoms with Gasteiger partial charge in [0, 0.05) is 35.3 Å². The van der Waals surface area contributed by atoms with Crippen molar-refractivity contribution in [2.45, 2.75) is 6.42 Å². The van der Waals surface area contributed by atoms with Crippen LogP contribution < -0.4 is 4.90 Å². The number of carbonyl (C=O) groups is 2. The Labute approximate surface area is 137 Å². The Morgan fingerprint density at radius 1 is 1.52 bits per heavy atom. The molecule has 1 aliphatic heterocycles. The van der Waals surface area contributed by atoms with Crippen molar-refractivity contribution in [3.8, 4) is 6.07 Å². The van der Waals surface area contributed by atoms with E-state index in [4.69, 9.17) is 15.9 Å². The van der Waals surface area contributed by atoms with E-state index < -0.39 is 20.9 Å². The van der Waals surface area contributed by atoms with E-state index in [1.165, 1.54) is 30.2 Å². The highest BCUT2D eigenvalue weighted by molar-refractivity contribution is 8.13. The molecule has 1 aliphatic rings. The molecule has 0 spiro atoms. The highest BCUT2D eigenvalue weighted by Crippen LogP contribution is 2.28. The maximum absolute atomic E-state index is 12.1. The lowest BCUT2D eigenvalue weighted by Gasteiger charge is -2.17. The van der Waals surface area contributed by atoms with Gasteiger partial charge in [-0.15, -0.1) is 0 Å². The van der Waals surface area contributed by atoms with Crippen LogP contribution in [0.3, 0.4) is 0 Å². The molecule has 23 heavy (non-hydrogen) atoms. The van der Waals surface area contributed by atoms with Gasteiger partial charge in [-0.1, -0.05) is 0 Å². The maximum Gasteiger partial charge on any atom is 0.339 e. The Kier molecular flexibility index (Phi) is 4.92. The molecule has 1 saturated heterocycles. The predicted octanol–water partition coefficient (Wildman–Crippen LogP) is 1.27. The summed E-state index contributed by atoms with van der Waals surface area (Å²) in [6.45, 7) is 0.188. The van der Waals surface area contributed by atoms with Gasteiger partial charge in [-0.2, -0.15) is 5.26 Å². The number of anilines is 1. The van der Waals surface area contributed by atoms with Crippen molar-refractivity contribution >= 4 is 37.3 Å². The van der Waals surface area contributed by atoms with Crippen molar-refractivity contribution in [2.75, 3.05) is 24.3 Å². The summed E-state index contributed by atoms with van der Waals surface area (Å²) in [7, 11) is 2.74. The number of benzene rings is 1. The van der Waals surface area contributed by atoms with E-state index in [0.717, 1.165) is 0 Å². The van der Waals surface area contributed by atoms with Gasteiger partial charge in [-0.05, 0) is 18.2 Å². The number of nitriles is 1. The normalized spacial score (nSPS) is 17.9. The van der Waals surface area contributed by atoms with E-state index in [9.17, 15) is 18.0 Å². The average molecular weight is 357 g/mol. The van der Waals surface area contributed by atoms with Crippen molar-refractivity contribution in [1.29, 1.82) is 5.26 Å². The molecule has 0 bridgehead atoms. The standard InChI is InChI=1S/C14H13ClN2O5S/c1-22-14(19)12-3-2-11(5-10(12)6-16)17-7-9(4-13(17)18)8-23(15,20)21/h2-3,5,9H,4,7-8H2,1H3. The fourth-order valence-electron chi connectivity index (χ4n) is 2.50.